The van der Waals surface area contributed by atoms with Gasteiger partial charge in [-0.25, -0.2) is 4.98 Å². The number of hydrogen-bond acceptors (Lipinski definition) is 4. The lowest BCUT2D eigenvalue weighted by Crippen LogP contribution is -2.15. The van der Waals surface area contributed by atoms with E-state index in [4.69, 9.17) is 11.6 Å². The Morgan fingerprint density at radius 2 is 2.00 bits per heavy atom. The number of hydrogen-bond donors (Lipinski definition) is 2. The molecule has 0 aliphatic heterocycles. The minimum Gasteiger partial charge on any atom is -0.332 e. The summed E-state index contributed by atoms with van der Waals surface area (Å²) in [6.07, 6.45) is 0.221. The van der Waals surface area contributed by atoms with Gasteiger partial charge in [-0.3, -0.25) is 4.79 Å². The molecule has 0 bridgehead atoms. The van der Waals surface area contributed by atoms with Crippen LogP contribution in [0.1, 0.15) is 11.3 Å². The second-order valence-corrected chi connectivity index (χ2v) is 6.61. The normalized spacial score (nSPS) is 10.4. The van der Waals surface area contributed by atoms with Gasteiger partial charge in [-0.1, -0.05) is 35.9 Å². The van der Waals surface area contributed by atoms with Crippen LogP contribution in [0.4, 0.5) is 16.5 Å². The Morgan fingerprint density at radius 1 is 1.21 bits per heavy atom. The van der Waals surface area contributed by atoms with E-state index in [2.05, 4.69) is 15.6 Å². The van der Waals surface area contributed by atoms with Crippen molar-refractivity contribution in [2.24, 2.45) is 0 Å². The molecule has 3 rings (SSSR count). The number of aryl methyl sites for hydroxylation is 1. The van der Waals surface area contributed by atoms with Gasteiger partial charge in [-0.15, -0.1) is 11.3 Å². The molecule has 1 aromatic heterocycles. The molecular formula is C18H16ClN3OS. The molecule has 1 amide bonds. The molecule has 0 atom stereocenters. The molecule has 3 aromatic rings. The Bertz CT molecular complexity index is 848. The van der Waals surface area contributed by atoms with Crippen molar-refractivity contribution in [2.45, 2.75) is 13.3 Å². The molecular weight excluding hydrogens is 342 g/mol. The second-order valence-electron chi connectivity index (χ2n) is 5.32. The van der Waals surface area contributed by atoms with E-state index in [1.54, 1.807) is 12.1 Å². The molecule has 0 unspecified atom stereocenters. The minimum atomic E-state index is -0.114. The number of thiazole rings is 1. The zero-order valence-corrected chi connectivity index (χ0v) is 14.6. The van der Waals surface area contributed by atoms with E-state index in [1.807, 2.05) is 48.7 Å². The molecule has 24 heavy (non-hydrogen) atoms. The predicted octanol–water partition coefficient (Wildman–Crippen LogP) is 5.03. The number of amides is 1. The van der Waals surface area contributed by atoms with Gasteiger partial charge >= 0.3 is 0 Å². The standard InChI is InChI=1S/C18H16ClN3OS/c1-12-7-8-13(19)9-16(12)22-17(23)10-15-11-24-18(21-15)20-14-5-3-2-4-6-14/h2-9,11H,10H2,1H3,(H,20,21)(H,22,23). The fourth-order valence-corrected chi connectivity index (χ4v) is 3.08. The van der Waals surface area contributed by atoms with E-state index in [0.29, 0.717) is 5.02 Å². The van der Waals surface area contributed by atoms with Crippen molar-refractivity contribution in [3.8, 4) is 0 Å². The van der Waals surface area contributed by atoms with E-state index in [9.17, 15) is 4.79 Å². The minimum absolute atomic E-state index is 0.114. The first kappa shape index (κ1) is 16.5. The Kier molecular flexibility index (Phi) is 5.13. The van der Waals surface area contributed by atoms with Crippen LogP contribution in [0, 0.1) is 6.92 Å². The Hall–Kier alpha value is -2.37. The lowest BCUT2D eigenvalue weighted by Gasteiger charge is -2.08. The predicted molar refractivity (Wildman–Crippen MR) is 100 cm³/mol. The van der Waals surface area contributed by atoms with Crippen molar-refractivity contribution in [1.82, 2.24) is 4.98 Å². The van der Waals surface area contributed by atoms with E-state index in [-0.39, 0.29) is 12.3 Å². The van der Waals surface area contributed by atoms with Gasteiger partial charge in [0.25, 0.3) is 0 Å². The van der Waals surface area contributed by atoms with Crippen LogP contribution in [0.5, 0.6) is 0 Å². The highest BCUT2D eigenvalue weighted by Crippen LogP contribution is 2.22. The van der Waals surface area contributed by atoms with Crippen LogP contribution in [0.15, 0.2) is 53.9 Å². The van der Waals surface area contributed by atoms with Gasteiger partial charge in [0.2, 0.25) is 5.91 Å². The Balaban J connectivity index is 1.62. The van der Waals surface area contributed by atoms with Crippen molar-refractivity contribution < 1.29 is 4.79 Å². The molecule has 0 fully saturated rings. The third-order valence-electron chi connectivity index (χ3n) is 3.39. The molecule has 4 nitrogen and oxygen atoms in total. The number of carbonyl (C=O) groups excluding carboxylic acids is 1. The van der Waals surface area contributed by atoms with E-state index >= 15 is 0 Å². The molecule has 2 N–H and O–H groups in total. The number of rotatable bonds is 5. The maximum absolute atomic E-state index is 12.2. The molecule has 0 spiro atoms. The zero-order valence-electron chi connectivity index (χ0n) is 13.0. The number of para-hydroxylation sites is 1. The van der Waals surface area contributed by atoms with Gasteiger partial charge in [0.05, 0.1) is 12.1 Å². The summed E-state index contributed by atoms with van der Waals surface area (Å²) in [6, 6.07) is 15.2. The summed E-state index contributed by atoms with van der Waals surface area (Å²) >= 11 is 7.45. The van der Waals surface area contributed by atoms with Gasteiger partial charge in [0.15, 0.2) is 5.13 Å². The number of nitrogens with zero attached hydrogens (tertiary/aromatic N) is 1. The molecule has 0 radical (unpaired) electrons. The highest BCUT2D eigenvalue weighted by molar-refractivity contribution is 7.13. The largest absolute Gasteiger partial charge is 0.332 e. The van der Waals surface area contributed by atoms with Crippen LogP contribution in [0.2, 0.25) is 5.02 Å². The Morgan fingerprint density at radius 3 is 2.79 bits per heavy atom. The molecule has 122 valence electrons. The highest BCUT2D eigenvalue weighted by atomic mass is 35.5. The maximum Gasteiger partial charge on any atom is 0.230 e. The van der Waals surface area contributed by atoms with Crippen molar-refractivity contribution in [1.29, 1.82) is 0 Å². The topological polar surface area (TPSA) is 54.0 Å². The fraction of sp³-hybridized carbons (Fsp3) is 0.111. The SMILES string of the molecule is Cc1ccc(Cl)cc1NC(=O)Cc1csc(Nc2ccccc2)n1. The van der Waals surface area contributed by atoms with Crippen molar-refractivity contribution in [3.63, 3.8) is 0 Å². The lowest BCUT2D eigenvalue weighted by atomic mass is 10.2. The molecule has 0 saturated heterocycles. The van der Waals surface area contributed by atoms with Crippen molar-refractivity contribution in [2.75, 3.05) is 10.6 Å². The van der Waals surface area contributed by atoms with E-state index in [0.717, 1.165) is 27.8 Å². The van der Waals surface area contributed by atoms with E-state index < -0.39 is 0 Å². The number of anilines is 3. The number of halogens is 1. The van der Waals surface area contributed by atoms with Crippen molar-refractivity contribution >= 4 is 45.4 Å². The number of nitrogens with one attached hydrogen (secondary N) is 2. The second kappa shape index (κ2) is 7.47. The Labute approximate surface area is 149 Å². The third kappa shape index (κ3) is 4.34. The monoisotopic (exact) mass is 357 g/mol. The quantitative estimate of drug-likeness (QED) is 0.673. The highest BCUT2D eigenvalue weighted by Gasteiger charge is 2.10. The van der Waals surface area contributed by atoms with Crippen molar-refractivity contribution in [3.05, 3.63) is 70.2 Å². The summed E-state index contributed by atoms with van der Waals surface area (Å²) in [5.41, 5.74) is 3.40. The van der Waals surface area contributed by atoms with Crippen LogP contribution in [0.3, 0.4) is 0 Å². The first-order valence-corrected chi connectivity index (χ1v) is 8.68. The third-order valence-corrected chi connectivity index (χ3v) is 4.43. The van der Waals surface area contributed by atoms with Crippen LogP contribution in [0.25, 0.3) is 0 Å². The number of aromatic nitrogens is 1. The van der Waals surface area contributed by atoms with Gasteiger partial charge in [-0.05, 0) is 36.8 Å². The number of benzene rings is 2. The maximum atomic E-state index is 12.2. The van der Waals surface area contributed by atoms with E-state index in [1.165, 1.54) is 11.3 Å². The lowest BCUT2D eigenvalue weighted by molar-refractivity contribution is -0.115. The first-order valence-electron chi connectivity index (χ1n) is 7.42. The average Bonchev–Trinajstić information content (AvgIpc) is 2.98. The number of carbonyl (C=O) groups is 1. The summed E-state index contributed by atoms with van der Waals surface area (Å²) in [6.45, 7) is 1.93. The molecule has 0 saturated carbocycles. The summed E-state index contributed by atoms with van der Waals surface area (Å²) < 4.78 is 0. The van der Waals surface area contributed by atoms with Gasteiger partial charge in [0.1, 0.15) is 0 Å². The summed E-state index contributed by atoms with van der Waals surface area (Å²) in [5, 5.41) is 9.35. The van der Waals surface area contributed by atoms with Gasteiger partial charge in [-0.2, -0.15) is 0 Å². The summed E-state index contributed by atoms with van der Waals surface area (Å²) in [5.74, 6) is -0.114. The molecule has 0 aliphatic carbocycles. The van der Waals surface area contributed by atoms with Gasteiger partial charge in [0, 0.05) is 21.8 Å². The van der Waals surface area contributed by atoms with Crippen LogP contribution < -0.4 is 10.6 Å². The van der Waals surface area contributed by atoms with Crippen LogP contribution >= 0.6 is 22.9 Å². The smallest absolute Gasteiger partial charge is 0.230 e. The van der Waals surface area contributed by atoms with Gasteiger partial charge < -0.3 is 10.6 Å². The fourth-order valence-electron chi connectivity index (χ4n) is 2.18. The molecule has 6 heteroatoms. The summed E-state index contributed by atoms with van der Waals surface area (Å²) in [7, 11) is 0. The molecule has 2 aromatic carbocycles. The average molecular weight is 358 g/mol. The molecule has 1 heterocycles. The first-order chi connectivity index (χ1) is 11.6. The summed E-state index contributed by atoms with van der Waals surface area (Å²) in [4.78, 5) is 16.7. The zero-order chi connectivity index (χ0) is 16.9. The molecule has 0 aliphatic rings. The van der Waals surface area contributed by atoms with Crippen LogP contribution in [-0.2, 0) is 11.2 Å². The van der Waals surface area contributed by atoms with Crippen LogP contribution in [-0.4, -0.2) is 10.9 Å².